The standard InChI is InChI=1S/C19H20N4O3/c1-26-16-4-2-3-14(11-16)5-8-18(24)22-15-6-7-17(21-12-15)23-10-9-20-19(25)13-23/h2-8,11-12H,9-10,13H2,1H3,(H,20,25)(H,22,24)/b8-5+. The van der Waals surface area contributed by atoms with Crippen LogP contribution < -0.4 is 20.3 Å². The summed E-state index contributed by atoms with van der Waals surface area (Å²) in [4.78, 5) is 29.7. The van der Waals surface area contributed by atoms with Crippen molar-refractivity contribution in [1.82, 2.24) is 10.3 Å². The summed E-state index contributed by atoms with van der Waals surface area (Å²) in [5.41, 5.74) is 1.46. The van der Waals surface area contributed by atoms with Crippen LogP contribution in [0.5, 0.6) is 5.75 Å². The lowest BCUT2D eigenvalue weighted by atomic mass is 10.2. The second-order valence-electron chi connectivity index (χ2n) is 5.78. The summed E-state index contributed by atoms with van der Waals surface area (Å²) in [6.45, 7) is 1.61. The molecule has 3 rings (SSSR count). The Labute approximate surface area is 151 Å². The number of benzene rings is 1. The van der Waals surface area contributed by atoms with Crippen molar-refractivity contribution in [3.63, 3.8) is 0 Å². The van der Waals surface area contributed by atoms with Crippen molar-refractivity contribution in [2.24, 2.45) is 0 Å². The second kappa shape index (κ2) is 8.15. The van der Waals surface area contributed by atoms with Crippen molar-refractivity contribution >= 4 is 29.4 Å². The van der Waals surface area contributed by atoms with E-state index >= 15 is 0 Å². The quantitative estimate of drug-likeness (QED) is 0.800. The molecule has 7 heteroatoms. The van der Waals surface area contributed by atoms with Gasteiger partial charge in [-0.3, -0.25) is 9.59 Å². The molecule has 1 fully saturated rings. The normalized spacial score (nSPS) is 14.2. The molecule has 0 unspecified atom stereocenters. The zero-order valence-electron chi connectivity index (χ0n) is 14.4. The fourth-order valence-electron chi connectivity index (χ4n) is 2.58. The predicted molar refractivity (Wildman–Crippen MR) is 100 cm³/mol. The van der Waals surface area contributed by atoms with Gasteiger partial charge in [-0.2, -0.15) is 0 Å². The monoisotopic (exact) mass is 352 g/mol. The molecule has 1 saturated heterocycles. The number of piperazine rings is 1. The van der Waals surface area contributed by atoms with E-state index in [1.165, 1.54) is 6.08 Å². The summed E-state index contributed by atoms with van der Waals surface area (Å²) < 4.78 is 5.15. The highest BCUT2D eigenvalue weighted by molar-refractivity contribution is 6.01. The molecule has 1 aliphatic rings. The number of pyridine rings is 1. The maximum atomic E-state index is 12.0. The molecule has 1 aromatic heterocycles. The largest absolute Gasteiger partial charge is 0.497 e. The molecule has 0 spiro atoms. The highest BCUT2D eigenvalue weighted by atomic mass is 16.5. The first-order valence-corrected chi connectivity index (χ1v) is 8.25. The van der Waals surface area contributed by atoms with E-state index in [1.807, 2.05) is 29.2 Å². The number of anilines is 2. The highest BCUT2D eigenvalue weighted by Crippen LogP contribution is 2.16. The predicted octanol–water partition coefficient (Wildman–Crippen LogP) is 1.68. The van der Waals surface area contributed by atoms with Gasteiger partial charge in [-0.1, -0.05) is 12.1 Å². The topological polar surface area (TPSA) is 83.6 Å². The summed E-state index contributed by atoms with van der Waals surface area (Å²) in [6.07, 6.45) is 4.75. The van der Waals surface area contributed by atoms with Gasteiger partial charge in [0.2, 0.25) is 11.8 Å². The molecule has 0 saturated carbocycles. The van der Waals surface area contributed by atoms with E-state index in [9.17, 15) is 9.59 Å². The molecule has 7 nitrogen and oxygen atoms in total. The summed E-state index contributed by atoms with van der Waals surface area (Å²) in [6, 6.07) is 11.0. The Bertz CT molecular complexity index is 818. The van der Waals surface area contributed by atoms with E-state index < -0.39 is 0 Å². The van der Waals surface area contributed by atoms with Crippen molar-refractivity contribution in [2.75, 3.05) is 37.0 Å². The summed E-state index contributed by atoms with van der Waals surface area (Å²) in [7, 11) is 1.60. The zero-order valence-corrected chi connectivity index (χ0v) is 14.4. The fourth-order valence-corrected chi connectivity index (χ4v) is 2.58. The maximum absolute atomic E-state index is 12.0. The molecule has 0 aliphatic carbocycles. The molecule has 2 aromatic rings. The minimum absolute atomic E-state index is 0.0156. The van der Waals surface area contributed by atoms with Crippen molar-refractivity contribution < 1.29 is 14.3 Å². The maximum Gasteiger partial charge on any atom is 0.248 e. The summed E-state index contributed by atoms with van der Waals surface area (Å²) in [5, 5.41) is 5.54. The van der Waals surface area contributed by atoms with Crippen LogP contribution in [0.3, 0.4) is 0 Å². The number of nitrogens with zero attached hydrogens (tertiary/aromatic N) is 2. The number of aromatic nitrogens is 1. The number of amides is 2. The van der Waals surface area contributed by atoms with E-state index in [0.29, 0.717) is 31.1 Å². The number of rotatable bonds is 5. The Morgan fingerprint density at radius 3 is 2.96 bits per heavy atom. The lowest BCUT2D eigenvalue weighted by molar-refractivity contribution is -0.120. The summed E-state index contributed by atoms with van der Waals surface area (Å²) in [5.74, 6) is 1.18. The smallest absolute Gasteiger partial charge is 0.248 e. The molecular formula is C19H20N4O3. The first kappa shape index (κ1) is 17.5. The van der Waals surface area contributed by atoms with Crippen LogP contribution >= 0.6 is 0 Å². The van der Waals surface area contributed by atoms with Crippen molar-refractivity contribution in [3.8, 4) is 5.75 Å². The minimum atomic E-state index is -0.250. The molecule has 2 amide bonds. The average Bonchev–Trinajstić information content (AvgIpc) is 2.67. The number of methoxy groups -OCH3 is 1. The molecule has 0 atom stereocenters. The van der Waals surface area contributed by atoms with Gasteiger partial charge in [0, 0.05) is 19.2 Å². The van der Waals surface area contributed by atoms with Crippen LogP contribution in [0, 0.1) is 0 Å². The molecule has 2 heterocycles. The Balaban J connectivity index is 1.58. The van der Waals surface area contributed by atoms with Crippen LogP contribution in [-0.4, -0.2) is 43.5 Å². The Kier molecular flexibility index (Phi) is 5.48. The molecule has 0 bridgehead atoms. The molecule has 1 aliphatic heterocycles. The Hall–Kier alpha value is -3.35. The van der Waals surface area contributed by atoms with E-state index in [4.69, 9.17) is 4.74 Å². The number of hydrogen-bond donors (Lipinski definition) is 2. The molecule has 1 aromatic carbocycles. The third kappa shape index (κ3) is 4.60. The van der Waals surface area contributed by atoms with Gasteiger partial charge < -0.3 is 20.3 Å². The van der Waals surface area contributed by atoms with Crippen LogP contribution in [0.2, 0.25) is 0 Å². The minimum Gasteiger partial charge on any atom is -0.497 e. The van der Waals surface area contributed by atoms with E-state index in [-0.39, 0.29) is 11.8 Å². The molecule has 26 heavy (non-hydrogen) atoms. The van der Waals surface area contributed by atoms with E-state index in [1.54, 1.807) is 31.5 Å². The number of ether oxygens (including phenoxy) is 1. The second-order valence-corrected chi connectivity index (χ2v) is 5.78. The van der Waals surface area contributed by atoms with Crippen LogP contribution in [0.15, 0.2) is 48.7 Å². The molecular weight excluding hydrogens is 332 g/mol. The Morgan fingerprint density at radius 1 is 1.35 bits per heavy atom. The van der Waals surface area contributed by atoms with Crippen molar-refractivity contribution in [3.05, 3.63) is 54.2 Å². The van der Waals surface area contributed by atoms with Gasteiger partial charge in [-0.15, -0.1) is 0 Å². The number of carbonyl (C=O) groups excluding carboxylic acids is 2. The molecule has 2 N–H and O–H groups in total. The van der Waals surface area contributed by atoms with Gasteiger partial charge >= 0.3 is 0 Å². The number of hydrogen-bond acceptors (Lipinski definition) is 5. The lowest BCUT2D eigenvalue weighted by Gasteiger charge is -2.27. The first-order valence-electron chi connectivity index (χ1n) is 8.25. The first-order chi connectivity index (χ1) is 12.6. The van der Waals surface area contributed by atoms with Gasteiger partial charge in [0.1, 0.15) is 11.6 Å². The fraction of sp³-hybridized carbons (Fsp3) is 0.211. The Morgan fingerprint density at radius 2 is 2.23 bits per heavy atom. The van der Waals surface area contributed by atoms with Crippen LogP contribution in [-0.2, 0) is 9.59 Å². The van der Waals surface area contributed by atoms with Gasteiger partial charge in [-0.05, 0) is 35.9 Å². The highest BCUT2D eigenvalue weighted by Gasteiger charge is 2.17. The van der Waals surface area contributed by atoms with Gasteiger partial charge in [0.15, 0.2) is 0 Å². The SMILES string of the molecule is COc1cccc(/C=C/C(=O)Nc2ccc(N3CCNC(=O)C3)nc2)c1. The van der Waals surface area contributed by atoms with E-state index in [2.05, 4.69) is 15.6 Å². The lowest BCUT2D eigenvalue weighted by Crippen LogP contribution is -2.48. The average molecular weight is 352 g/mol. The van der Waals surface area contributed by atoms with Crippen LogP contribution in [0.4, 0.5) is 11.5 Å². The van der Waals surface area contributed by atoms with Gasteiger partial charge in [0.25, 0.3) is 0 Å². The van der Waals surface area contributed by atoms with Crippen molar-refractivity contribution in [1.29, 1.82) is 0 Å². The van der Waals surface area contributed by atoms with Crippen LogP contribution in [0.25, 0.3) is 6.08 Å². The molecule has 0 radical (unpaired) electrons. The number of nitrogens with one attached hydrogen (secondary N) is 2. The van der Waals surface area contributed by atoms with Gasteiger partial charge in [-0.25, -0.2) is 4.98 Å². The van der Waals surface area contributed by atoms with Gasteiger partial charge in [0.05, 0.1) is 25.5 Å². The third-order valence-corrected chi connectivity index (χ3v) is 3.90. The summed E-state index contributed by atoms with van der Waals surface area (Å²) >= 11 is 0. The zero-order chi connectivity index (χ0) is 18.4. The molecule has 134 valence electrons. The third-order valence-electron chi connectivity index (χ3n) is 3.90. The van der Waals surface area contributed by atoms with Crippen molar-refractivity contribution in [2.45, 2.75) is 0 Å². The number of carbonyl (C=O) groups is 2. The van der Waals surface area contributed by atoms with Crippen LogP contribution in [0.1, 0.15) is 5.56 Å². The van der Waals surface area contributed by atoms with E-state index in [0.717, 1.165) is 11.3 Å².